The van der Waals surface area contributed by atoms with Gasteiger partial charge in [0.25, 0.3) is 11.5 Å². The minimum Gasteiger partial charge on any atom is -0.394 e. The summed E-state index contributed by atoms with van der Waals surface area (Å²) >= 11 is 0. The predicted octanol–water partition coefficient (Wildman–Crippen LogP) is -2.08. The first-order chi connectivity index (χ1) is 14.8. The Balaban J connectivity index is 1.67. The zero-order valence-corrected chi connectivity index (χ0v) is 16.5. The number of anilines is 1. The van der Waals surface area contributed by atoms with E-state index in [4.69, 9.17) is 15.9 Å². The van der Waals surface area contributed by atoms with Gasteiger partial charge in [0.15, 0.2) is 17.1 Å². The predicted molar refractivity (Wildman–Crippen MR) is 107 cm³/mol. The molecule has 0 spiro atoms. The van der Waals surface area contributed by atoms with E-state index in [0.717, 1.165) is 0 Å². The quantitative estimate of drug-likeness (QED) is 0.0983. The average Bonchev–Trinajstić information content (AvgIpc) is 3.30. The maximum Gasteiger partial charge on any atom is 0.294 e. The van der Waals surface area contributed by atoms with Crippen LogP contribution in [0.5, 0.6) is 0 Å². The lowest BCUT2D eigenvalue weighted by molar-refractivity contribution is -0.134. The van der Waals surface area contributed by atoms with Crippen molar-refractivity contribution in [3.63, 3.8) is 0 Å². The van der Waals surface area contributed by atoms with Crippen LogP contribution < -0.4 is 21.9 Å². The molecular weight excluding hydrogens is 412 g/mol. The number of aromatic nitrogens is 4. The average molecular weight is 436 g/mol. The Morgan fingerprint density at radius 3 is 2.87 bits per heavy atom. The number of unbranched alkanes of at least 4 members (excludes halogenated alkanes) is 1. The number of carbonyl (C=O) groups excluding carboxylic acids is 2. The molecule has 0 aromatic carbocycles. The van der Waals surface area contributed by atoms with Crippen LogP contribution in [0.15, 0.2) is 11.1 Å². The zero-order valence-electron chi connectivity index (χ0n) is 16.5. The fraction of sp³-hybridized carbons (Fsp3) is 0.529. The van der Waals surface area contributed by atoms with Gasteiger partial charge in [0.2, 0.25) is 11.7 Å². The van der Waals surface area contributed by atoms with Gasteiger partial charge in [0.05, 0.1) is 19.0 Å². The number of rotatable bonds is 9. The smallest absolute Gasteiger partial charge is 0.294 e. The van der Waals surface area contributed by atoms with Crippen LogP contribution in [-0.4, -0.2) is 72.7 Å². The fourth-order valence-electron chi connectivity index (χ4n) is 3.17. The van der Waals surface area contributed by atoms with E-state index in [2.05, 4.69) is 25.6 Å². The molecule has 0 bridgehead atoms. The van der Waals surface area contributed by atoms with Crippen molar-refractivity contribution in [1.82, 2.24) is 24.8 Å². The van der Waals surface area contributed by atoms with Gasteiger partial charge in [-0.3, -0.25) is 34.7 Å². The summed E-state index contributed by atoms with van der Waals surface area (Å²) < 4.78 is 6.98. The molecule has 3 atom stereocenters. The van der Waals surface area contributed by atoms with E-state index in [0.29, 0.717) is 19.4 Å². The van der Waals surface area contributed by atoms with Gasteiger partial charge in [-0.25, -0.2) is 4.98 Å². The molecule has 0 saturated carbocycles. The molecule has 8 N–H and O–H groups in total. The van der Waals surface area contributed by atoms with Crippen molar-refractivity contribution in [2.45, 2.75) is 44.1 Å². The van der Waals surface area contributed by atoms with E-state index in [1.807, 2.05) is 0 Å². The van der Waals surface area contributed by atoms with Crippen LogP contribution in [0.2, 0.25) is 0 Å². The van der Waals surface area contributed by atoms with Gasteiger partial charge >= 0.3 is 0 Å². The highest BCUT2D eigenvalue weighted by Crippen LogP contribution is 2.30. The van der Waals surface area contributed by atoms with E-state index < -0.39 is 35.7 Å². The molecule has 1 amide bonds. The summed E-state index contributed by atoms with van der Waals surface area (Å²) in [5.41, 5.74) is 4.61. The number of amides is 1. The van der Waals surface area contributed by atoms with Crippen LogP contribution in [0, 0.1) is 5.41 Å². The number of ketones is 1. The summed E-state index contributed by atoms with van der Waals surface area (Å²) in [5, 5.41) is 31.1. The first-order valence-corrected chi connectivity index (χ1v) is 9.63. The summed E-state index contributed by atoms with van der Waals surface area (Å²) in [6, 6.07) is 0. The van der Waals surface area contributed by atoms with Gasteiger partial charge in [-0.05, 0) is 12.8 Å². The highest BCUT2D eigenvalue weighted by atomic mass is 16.5. The second-order valence-corrected chi connectivity index (χ2v) is 7.03. The van der Waals surface area contributed by atoms with Gasteiger partial charge in [-0.1, -0.05) is 0 Å². The van der Waals surface area contributed by atoms with Gasteiger partial charge in [-0.15, -0.1) is 0 Å². The molecule has 2 aromatic heterocycles. The molecule has 1 fully saturated rings. The van der Waals surface area contributed by atoms with E-state index in [1.54, 1.807) is 0 Å². The van der Waals surface area contributed by atoms with Crippen LogP contribution in [0.3, 0.4) is 0 Å². The highest BCUT2D eigenvalue weighted by Gasteiger charge is 2.35. The topological polar surface area (TPSA) is 221 Å². The number of carbonyl (C=O) groups is 2. The number of aliphatic hydroxyl groups excluding tert-OH is 2. The number of aromatic amines is 1. The molecule has 0 unspecified atom stereocenters. The number of hydrogen-bond acceptors (Lipinski definition) is 9. The second kappa shape index (κ2) is 9.63. The van der Waals surface area contributed by atoms with E-state index in [9.17, 15) is 24.6 Å². The molecule has 1 aliphatic rings. The molecule has 168 valence electrons. The number of nitrogens with two attached hydrogens (primary N) is 1. The molecule has 31 heavy (non-hydrogen) atoms. The first kappa shape index (κ1) is 22.3. The van der Waals surface area contributed by atoms with E-state index >= 15 is 0 Å². The number of Topliss-reactive ketones (excluding diaryl/α,β-unsaturated/α-hetero) is 1. The molecule has 0 radical (unpaired) electrons. The summed E-state index contributed by atoms with van der Waals surface area (Å²) in [6.45, 7) is 0.0430. The van der Waals surface area contributed by atoms with Crippen molar-refractivity contribution in [2.75, 3.05) is 18.5 Å². The monoisotopic (exact) mass is 436 g/mol. The lowest BCUT2D eigenvalue weighted by atomic mass is 10.1. The van der Waals surface area contributed by atoms with Crippen molar-refractivity contribution >= 4 is 34.8 Å². The first-order valence-electron chi connectivity index (χ1n) is 9.63. The van der Waals surface area contributed by atoms with Crippen molar-refractivity contribution in [2.24, 2.45) is 5.73 Å². The lowest BCUT2D eigenvalue weighted by Gasteiger charge is -2.13. The Kier molecular flexibility index (Phi) is 6.94. The molecule has 3 rings (SSSR count). The third-order valence-electron chi connectivity index (χ3n) is 4.76. The standard InChI is InChI=1S/C17H24N8O6/c18-16(19)20-4-2-1-3-8(27)14(29)23-17-22-13-12(15(30)24-17)21-7-25(13)11-5-9(28)10(6-26)31-11/h7,9-11,26,28H,1-6H2,(H4,18,19,20)(H2,22,23,24,29,30)/t9-,10+,11+/m0/s1. The maximum absolute atomic E-state index is 12.3. The Morgan fingerprint density at radius 1 is 1.42 bits per heavy atom. The molecule has 14 heteroatoms. The zero-order chi connectivity index (χ0) is 22.5. The lowest BCUT2D eigenvalue weighted by Crippen LogP contribution is -2.31. The van der Waals surface area contributed by atoms with Gasteiger partial charge in [0.1, 0.15) is 12.3 Å². The Hall–Kier alpha value is -3.36. The largest absolute Gasteiger partial charge is 0.394 e. The van der Waals surface area contributed by atoms with Gasteiger partial charge in [0, 0.05) is 19.4 Å². The summed E-state index contributed by atoms with van der Waals surface area (Å²) in [6.07, 6.45) is 0.0339. The summed E-state index contributed by atoms with van der Waals surface area (Å²) in [5.74, 6) is -2.01. The van der Waals surface area contributed by atoms with Gasteiger partial charge < -0.3 is 26.0 Å². The molecule has 2 aromatic rings. The number of aliphatic hydroxyl groups is 2. The number of nitrogens with one attached hydrogen (secondary N) is 4. The molecular formula is C17H24N8O6. The Bertz CT molecular complexity index is 1030. The van der Waals surface area contributed by atoms with Crippen LogP contribution in [0.25, 0.3) is 11.2 Å². The molecule has 1 aliphatic heterocycles. The number of hydrogen-bond donors (Lipinski definition) is 7. The van der Waals surface area contributed by atoms with Crippen molar-refractivity contribution in [1.29, 1.82) is 5.41 Å². The third-order valence-corrected chi connectivity index (χ3v) is 4.76. The number of imidazole rings is 1. The SMILES string of the molecule is N=C(N)NCCCCC(=O)C(=O)Nc1nc2c(ncn2[C@H]2C[C@H](O)[C@@H](CO)O2)c(=O)[nH]1. The number of fused-ring (bicyclic) bond motifs is 1. The third kappa shape index (κ3) is 5.22. The molecule has 14 nitrogen and oxygen atoms in total. The Morgan fingerprint density at radius 2 is 2.19 bits per heavy atom. The highest BCUT2D eigenvalue weighted by molar-refractivity contribution is 6.40. The fourth-order valence-corrected chi connectivity index (χ4v) is 3.17. The van der Waals surface area contributed by atoms with E-state index in [-0.39, 0.29) is 42.5 Å². The molecule has 0 aliphatic carbocycles. The second-order valence-electron chi connectivity index (χ2n) is 7.03. The van der Waals surface area contributed by atoms with Crippen LogP contribution in [0.1, 0.15) is 31.9 Å². The maximum atomic E-state index is 12.3. The number of ether oxygens (including phenoxy) is 1. The minimum absolute atomic E-state index is 0.00663. The molecule has 1 saturated heterocycles. The summed E-state index contributed by atoms with van der Waals surface area (Å²) in [4.78, 5) is 46.9. The number of guanidine groups is 1. The van der Waals surface area contributed by atoms with E-state index in [1.165, 1.54) is 10.9 Å². The van der Waals surface area contributed by atoms with Gasteiger partial charge in [-0.2, -0.15) is 4.98 Å². The Labute approximate surface area is 175 Å². The normalized spacial score (nSPS) is 20.6. The van der Waals surface area contributed by atoms with Crippen molar-refractivity contribution in [3.05, 3.63) is 16.7 Å². The molecule has 3 heterocycles. The number of nitrogens with zero attached hydrogens (tertiary/aromatic N) is 3. The van der Waals surface area contributed by atoms with Crippen LogP contribution >= 0.6 is 0 Å². The number of H-pyrrole nitrogens is 1. The summed E-state index contributed by atoms with van der Waals surface area (Å²) in [7, 11) is 0. The van der Waals surface area contributed by atoms with Crippen LogP contribution in [0.4, 0.5) is 5.95 Å². The van der Waals surface area contributed by atoms with Crippen molar-refractivity contribution < 1.29 is 24.5 Å². The van der Waals surface area contributed by atoms with Crippen LogP contribution in [-0.2, 0) is 14.3 Å². The minimum atomic E-state index is -0.930. The van der Waals surface area contributed by atoms with Crippen molar-refractivity contribution in [3.8, 4) is 0 Å².